The summed E-state index contributed by atoms with van der Waals surface area (Å²) in [5, 5.41) is 0.375. The van der Waals surface area contributed by atoms with E-state index in [1.807, 2.05) is 0 Å². The fourth-order valence-electron chi connectivity index (χ4n) is 0.879. The van der Waals surface area contributed by atoms with Crippen LogP contribution in [-0.2, 0) is 0 Å². The van der Waals surface area contributed by atoms with E-state index in [0.29, 0.717) is 0 Å². The normalized spacial score (nSPS) is 11.0. The third-order valence-electron chi connectivity index (χ3n) is 1.40. The van der Waals surface area contributed by atoms with Crippen LogP contribution in [0.15, 0.2) is 4.42 Å². The number of hydrogen-bond donors (Lipinski definition) is 1. The van der Waals surface area contributed by atoms with Gasteiger partial charge in [-0.15, -0.1) is 0 Å². The number of rotatable bonds is 0. The molecule has 0 aliphatic rings. The van der Waals surface area contributed by atoms with Gasteiger partial charge in [-0.3, -0.25) is 0 Å². The van der Waals surface area contributed by atoms with Crippen molar-refractivity contribution in [1.82, 2.24) is 9.97 Å². The van der Waals surface area contributed by atoms with Crippen molar-refractivity contribution in [3.05, 3.63) is 15.2 Å². The van der Waals surface area contributed by atoms with Crippen LogP contribution in [0.2, 0.25) is 15.2 Å². The lowest BCUT2D eigenvalue weighted by molar-refractivity contribution is 0.626. The highest BCUT2D eigenvalue weighted by Crippen LogP contribution is 2.34. The van der Waals surface area contributed by atoms with E-state index >= 15 is 0 Å². The number of anilines is 1. The van der Waals surface area contributed by atoms with Crippen molar-refractivity contribution in [3.63, 3.8) is 0 Å². The van der Waals surface area contributed by atoms with Crippen LogP contribution in [0.5, 0.6) is 0 Å². The summed E-state index contributed by atoms with van der Waals surface area (Å²) in [7, 11) is 0. The van der Waals surface area contributed by atoms with E-state index < -0.39 is 0 Å². The van der Waals surface area contributed by atoms with Crippen LogP contribution in [0.1, 0.15) is 0 Å². The molecule has 2 aromatic rings. The van der Waals surface area contributed by atoms with E-state index in [1.54, 1.807) is 0 Å². The third-order valence-corrected chi connectivity index (χ3v) is 2.60. The molecule has 13 heavy (non-hydrogen) atoms. The molecule has 0 bridgehead atoms. The van der Waals surface area contributed by atoms with Gasteiger partial charge in [-0.25, -0.2) is 4.98 Å². The summed E-state index contributed by atoms with van der Waals surface area (Å²) in [4.78, 5) is 7.57. The lowest BCUT2D eigenvalue weighted by Crippen LogP contribution is -1.83. The summed E-state index contributed by atoms with van der Waals surface area (Å²) in [5.74, 6) is 0. The molecule has 0 spiro atoms. The summed E-state index contributed by atoms with van der Waals surface area (Å²) in [6.07, 6.45) is 0. The molecule has 0 saturated heterocycles. The van der Waals surface area contributed by atoms with Gasteiger partial charge in [-0.05, 0) is 0 Å². The Hall–Kier alpha value is -0.710. The van der Waals surface area contributed by atoms with Gasteiger partial charge in [0.25, 0.3) is 6.01 Å². The Morgan fingerprint density at radius 3 is 2.46 bits per heavy atom. The highest BCUT2D eigenvalue weighted by atomic mass is 35.5. The number of fused-ring (bicyclic) bond motifs is 1. The highest BCUT2D eigenvalue weighted by molar-refractivity contribution is 6.49. The first-order chi connectivity index (χ1) is 6.09. The molecule has 0 aromatic carbocycles. The van der Waals surface area contributed by atoms with Crippen LogP contribution < -0.4 is 5.73 Å². The van der Waals surface area contributed by atoms with Crippen molar-refractivity contribution >= 4 is 52.0 Å². The second kappa shape index (κ2) is 2.90. The predicted octanol–water partition coefficient (Wildman–Crippen LogP) is 2.77. The Labute approximate surface area is 87.6 Å². The second-order valence-corrected chi connectivity index (χ2v) is 3.35. The largest absolute Gasteiger partial charge is 0.420 e. The fourth-order valence-corrected chi connectivity index (χ4v) is 1.44. The summed E-state index contributed by atoms with van der Waals surface area (Å²) in [6.45, 7) is 0. The Bertz CT molecular complexity index is 481. The zero-order valence-corrected chi connectivity index (χ0v) is 8.28. The van der Waals surface area contributed by atoms with Crippen molar-refractivity contribution in [2.45, 2.75) is 0 Å². The second-order valence-electron chi connectivity index (χ2n) is 2.24. The van der Waals surface area contributed by atoms with Crippen molar-refractivity contribution in [2.24, 2.45) is 0 Å². The monoisotopic (exact) mass is 237 g/mol. The minimum atomic E-state index is -0.0252. The minimum absolute atomic E-state index is 0.0252. The molecular formula is C6H2Cl3N3O. The molecule has 2 N–H and O–H groups in total. The summed E-state index contributed by atoms with van der Waals surface area (Å²) < 4.78 is 4.96. The lowest BCUT2D eigenvalue weighted by atomic mass is 10.4. The van der Waals surface area contributed by atoms with Crippen LogP contribution in [0, 0.1) is 0 Å². The number of nitrogens with two attached hydrogens (primary N) is 1. The molecular weight excluding hydrogens is 236 g/mol. The SMILES string of the molecule is Nc1nc2nc(Cl)c(Cl)c(Cl)c2o1. The van der Waals surface area contributed by atoms with Gasteiger partial charge in [0.15, 0.2) is 10.7 Å². The Kier molecular flexibility index (Phi) is 1.98. The highest BCUT2D eigenvalue weighted by Gasteiger charge is 2.15. The van der Waals surface area contributed by atoms with Crippen LogP contribution in [0.3, 0.4) is 0 Å². The van der Waals surface area contributed by atoms with E-state index in [2.05, 4.69) is 9.97 Å². The molecule has 0 fully saturated rings. The minimum Gasteiger partial charge on any atom is -0.420 e. The molecule has 7 heteroatoms. The maximum absolute atomic E-state index is 5.80. The van der Waals surface area contributed by atoms with Crippen molar-refractivity contribution in [3.8, 4) is 0 Å². The number of pyridine rings is 1. The van der Waals surface area contributed by atoms with Gasteiger partial charge in [0, 0.05) is 0 Å². The van der Waals surface area contributed by atoms with Gasteiger partial charge in [0.2, 0.25) is 5.65 Å². The Morgan fingerprint density at radius 2 is 1.77 bits per heavy atom. The number of halogens is 3. The molecule has 68 valence electrons. The molecule has 0 saturated carbocycles. The van der Waals surface area contributed by atoms with E-state index in [0.717, 1.165) is 0 Å². The zero-order chi connectivity index (χ0) is 9.59. The number of nitrogen functional groups attached to an aromatic ring is 1. The van der Waals surface area contributed by atoms with Gasteiger partial charge in [0.05, 0.1) is 0 Å². The number of oxazole rings is 1. The molecule has 0 radical (unpaired) electrons. The zero-order valence-electron chi connectivity index (χ0n) is 6.01. The van der Waals surface area contributed by atoms with E-state index in [-0.39, 0.29) is 32.4 Å². The average molecular weight is 238 g/mol. The Morgan fingerprint density at radius 1 is 1.08 bits per heavy atom. The van der Waals surface area contributed by atoms with Crippen molar-refractivity contribution in [2.75, 3.05) is 5.73 Å². The standard InChI is InChI=1S/C6H2Cl3N3O/c7-1-2(8)4(9)11-5-3(1)13-6(10)12-5/h(H2,10,11,12). The number of hydrogen-bond acceptors (Lipinski definition) is 4. The summed E-state index contributed by atoms with van der Waals surface area (Å²) in [6, 6.07) is -0.0252. The quantitative estimate of drug-likeness (QED) is 0.717. The van der Waals surface area contributed by atoms with Crippen LogP contribution in [-0.4, -0.2) is 9.97 Å². The van der Waals surface area contributed by atoms with Gasteiger partial charge in [0.1, 0.15) is 10.0 Å². The molecule has 4 nitrogen and oxygen atoms in total. The first-order valence-corrected chi connectivity index (χ1v) is 4.29. The topological polar surface area (TPSA) is 64.9 Å². The first-order valence-electron chi connectivity index (χ1n) is 3.16. The molecule has 0 aliphatic carbocycles. The van der Waals surface area contributed by atoms with Gasteiger partial charge in [-0.1, -0.05) is 34.8 Å². The smallest absolute Gasteiger partial charge is 0.294 e. The molecule has 0 atom stereocenters. The van der Waals surface area contributed by atoms with E-state index in [1.165, 1.54) is 0 Å². The molecule has 0 aliphatic heterocycles. The molecule has 0 amide bonds. The van der Waals surface area contributed by atoms with Gasteiger partial charge >= 0.3 is 0 Å². The van der Waals surface area contributed by atoms with E-state index in [9.17, 15) is 0 Å². The first kappa shape index (κ1) is 8.87. The molecule has 2 rings (SSSR count). The number of nitrogens with zero attached hydrogens (tertiary/aromatic N) is 2. The average Bonchev–Trinajstić information content (AvgIpc) is 2.42. The van der Waals surface area contributed by atoms with Crippen LogP contribution in [0.25, 0.3) is 11.2 Å². The van der Waals surface area contributed by atoms with Gasteiger partial charge in [-0.2, -0.15) is 4.98 Å². The number of aromatic nitrogens is 2. The van der Waals surface area contributed by atoms with Crippen LogP contribution in [0.4, 0.5) is 6.01 Å². The molecule has 2 aromatic heterocycles. The molecule has 2 heterocycles. The van der Waals surface area contributed by atoms with E-state index in [4.69, 9.17) is 45.0 Å². The van der Waals surface area contributed by atoms with Crippen molar-refractivity contribution in [1.29, 1.82) is 0 Å². The predicted molar refractivity (Wildman–Crippen MR) is 51.2 cm³/mol. The van der Waals surface area contributed by atoms with Crippen molar-refractivity contribution < 1.29 is 4.42 Å². The maximum Gasteiger partial charge on any atom is 0.294 e. The summed E-state index contributed by atoms with van der Waals surface area (Å²) in [5.41, 5.74) is 5.79. The Balaban J connectivity index is 2.92. The van der Waals surface area contributed by atoms with Crippen LogP contribution >= 0.6 is 34.8 Å². The van der Waals surface area contributed by atoms with Gasteiger partial charge < -0.3 is 10.2 Å². The lowest BCUT2D eigenvalue weighted by Gasteiger charge is -1.96. The molecule has 0 unspecified atom stereocenters. The maximum atomic E-state index is 5.80. The summed E-state index contributed by atoms with van der Waals surface area (Å²) >= 11 is 17.2. The third kappa shape index (κ3) is 1.31. The fraction of sp³-hybridized carbons (Fsp3) is 0.